The average molecular weight is 288 g/mol. The smallest absolute Gasteiger partial charge is 0.407 e. The SMILES string of the molecule is CC(C)(C)N(CCNC1(CO)CCC(O)CC1)C(=O)O. The molecule has 0 spiro atoms. The minimum Gasteiger partial charge on any atom is -0.465 e. The van der Waals surface area contributed by atoms with E-state index in [1.54, 1.807) is 0 Å². The van der Waals surface area contributed by atoms with E-state index in [0.717, 1.165) is 0 Å². The Bertz CT molecular complexity index is 320. The van der Waals surface area contributed by atoms with Crippen LogP contribution in [0.2, 0.25) is 0 Å². The van der Waals surface area contributed by atoms with E-state index in [1.165, 1.54) is 4.90 Å². The van der Waals surface area contributed by atoms with Crippen LogP contribution in [0.5, 0.6) is 0 Å². The fourth-order valence-electron chi connectivity index (χ4n) is 2.70. The van der Waals surface area contributed by atoms with Crippen LogP contribution in [-0.2, 0) is 0 Å². The van der Waals surface area contributed by atoms with Crippen LogP contribution in [0.3, 0.4) is 0 Å². The molecule has 4 N–H and O–H groups in total. The molecule has 0 bridgehead atoms. The number of carbonyl (C=O) groups is 1. The molecule has 6 nitrogen and oxygen atoms in total. The van der Waals surface area contributed by atoms with E-state index in [2.05, 4.69) is 5.32 Å². The summed E-state index contributed by atoms with van der Waals surface area (Å²) in [5, 5.41) is 31.6. The van der Waals surface area contributed by atoms with Crippen molar-refractivity contribution in [2.24, 2.45) is 0 Å². The zero-order valence-electron chi connectivity index (χ0n) is 12.7. The molecule has 0 radical (unpaired) electrons. The van der Waals surface area contributed by atoms with Gasteiger partial charge < -0.3 is 25.5 Å². The van der Waals surface area contributed by atoms with Gasteiger partial charge in [-0.05, 0) is 46.5 Å². The molecule has 0 saturated heterocycles. The van der Waals surface area contributed by atoms with Gasteiger partial charge in [0.2, 0.25) is 0 Å². The molecule has 0 aromatic heterocycles. The van der Waals surface area contributed by atoms with Crippen LogP contribution in [0.15, 0.2) is 0 Å². The van der Waals surface area contributed by atoms with E-state index in [1.807, 2.05) is 20.8 Å². The first-order valence-corrected chi connectivity index (χ1v) is 7.25. The molecule has 1 saturated carbocycles. The predicted octanol–water partition coefficient (Wildman–Crippen LogP) is 1.02. The van der Waals surface area contributed by atoms with E-state index in [0.29, 0.717) is 38.8 Å². The molecule has 20 heavy (non-hydrogen) atoms. The van der Waals surface area contributed by atoms with Gasteiger partial charge in [0.25, 0.3) is 0 Å². The Morgan fingerprint density at radius 2 is 1.90 bits per heavy atom. The molecular formula is C14H28N2O4. The minimum absolute atomic E-state index is 0.0162. The Labute approximate surface area is 120 Å². The van der Waals surface area contributed by atoms with Crippen LogP contribution in [0.1, 0.15) is 46.5 Å². The van der Waals surface area contributed by atoms with Crippen molar-refractivity contribution in [1.29, 1.82) is 0 Å². The van der Waals surface area contributed by atoms with Gasteiger partial charge in [0.1, 0.15) is 0 Å². The number of aliphatic hydroxyl groups is 2. The Balaban J connectivity index is 2.50. The molecule has 1 aliphatic carbocycles. The third kappa shape index (κ3) is 4.61. The second-order valence-electron chi connectivity index (χ2n) is 6.70. The van der Waals surface area contributed by atoms with Gasteiger partial charge in [-0.2, -0.15) is 0 Å². The number of hydrogen-bond donors (Lipinski definition) is 4. The zero-order valence-corrected chi connectivity index (χ0v) is 12.7. The summed E-state index contributed by atoms with van der Waals surface area (Å²) in [6, 6.07) is 0. The Kier molecular flexibility index (Phi) is 5.79. The third-order valence-corrected chi connectivity index (χ3v) is 4.09. The van der Waals surface area contributed by atoms with Crippen LogP contribution in [-0.4, -0.2) is 63.2 Å². The number of nitrogens with one attached hydrogen (secondary N) is 1. The highest BCUT2D eigenvalue weighted by atomic mass is 16.4. The molecule has 0 aromatic rings. The number of rotatable bonds is 5. The Morgan fingerprint density at radius 3 is 2.30 bits per heavy atom. The lowest BCUT2D eigenvalue weighted by atomic mass is 9.81. The summed E-state index contributed by atoms with van der Waals surface area (Å²) >= 11 is 0. The summed E-state index contributed by atoms with van der Waals surface area (Å²) in [6.07, 6.45) is 1.57. The van der Waals surface area contributed by atoms with E-state index >= 15 is 0 Å². The molecule has 0 aliphatic heterocycles. The number of amides is 1. The molecule has 118 valence electrons. The van der Waals surface area contributed by atoms with Crippen LogP contribution >= 0.6 is 0 Å². The summed E-state index contributed by atoms with van der Waals surface area (Å²) < 4.78 is 0. The van der Waals surface area contributed by atoms with Crippen LogP contribution in [0.4, 0.5) is 4.79 Å². The molecule has 0 atom stereocenters. The molecule has 1 fully saturated rings. The quantitative estimate of drug-likeness (QED) is 0.606. The summed E-state index contributed by atoms with van der Waals surface area (Å²) in [4.78, 5) is 12.6. The molecule has 0 unspecified atom stereocenters. The molecule has 6 heteroatoms. The molecule has 0 aromatic carbocycles. The van der Waals surface area contributed by atoms with Crippen molar-refractivity contribution in [3.8, 4) is 0 Å². The van der Waals surface area contributed by atoms with Gasteiger partial charge in [-0.25, -0.2) is 4.79 Å². The lowest BCUT2D eigenvalue weighted by Gasteiger charge is -2.40. The third-order valence-electron chi connectivity index (χ3n) is 4.09. The van der Waals surface area contributed by atoms with Gasteiger partial charge in [0.15, 0.2) is 0 Å². The predicted molar refractivity (Wildman–Crippen MR) is 76.8 cm³/mol. The minimum atomic E-state index is -0.934. The maximum absolute atomic E-state index is 11.2. The fraction of sp³-hybridized carbons (Fsp3) is 0.929. The first-order chi connectivity index (χ1) is 9.20. The van der Waals surface area contributed by atoms with Crippen LogP contribution in [0.25, 0.3) is 0 Å². The zero-order chi connectivity index (χ0) is 15.4. The average Bonchev–Trinajstić information content (AvgIpc) is 2.35. The van der Waals surface area contributed by atoms with Gasteiger partial charge in [-0.1, -0.05) is 0 Å². The van der Waals surface area contributed by atoms with Crippen molar-refractivity contribution in [2.75, 3.05) is 19.7 Å². The first-order valence-electron chi connectivity index (χ1n) is 7.25. The van der Waals surface area contributed by atoms with Crippen molar-refractivity contribution in [2.45, 2.75) is 63.6 Å². The molecule has 1 aliphatic rings. The van der Waals surface area contributed by atoms with Crippen molar-refractivity contribution in [3.63, 3.8) is 0 Å². The monoisotopic (exact) mass is 288 g/mol. The number of nitrogens with zero attached hydrogens (tertiary/aromatic N) is 1. The van der Waals surface area contributed by atoms with Gasteiger partial charge in [-0.15, -0.1) is 0 Å². The van der Waals surface area contributed by atoms with E-state index in [9.17, 15) is 20.1 Å². The number of aliphatic hydroxyl groups excluding tert-OH is 2. The lowest BCUT2D eigenvalue weighted by molar-refractivity contribution is 0.0481. The summed E-state index contributed by atoms with van der Waals surface area (Å²) in [5.41, 5.74) is -0.816. The standard InChI is InChI=1S/C14H28N2O4/c1-13(2,3)16(12(19)20)9-8-15-14(10-17)6-4-11(18)5-7-14/h11,15,17-18H,4-10H2,1-3H3,(H,19,20). The maximum Gasteiger partial charge on any atom is 0.407 e. The molecule has 1 rings (SSSR count). The Hall–Kier alpha value is -0.850. The van der Waals surface area contributed by atoms with Crippen LogP contribution in [0, 0.1) is 0 Å². The molecule has 0 heterocycles. The van der Waals surface area contributed by atoms with Gasteiger partial charge in [0, 0.05) is 24.2 Å². The van der Waals surface area contributed by atoms with E-state index in [-0.39, 0.29) is 18.2 Å². The maximum atomic E-state index is 11.2. The summed E-state index contributed by atoms with van der Waals surface area (Å²) in [7, 11) is 0. The normalized spacial score (nSPS) is 27.4. The summed E-state index contributed by atoms with van der Waals surface area (Å²) in [6.45, 7) is 6.48. The van der Waals surface area contributed by atoms with E-state index < -0.39 is 11.6 Å². The van der Waals surface area contributed by atoms with Gasteiger partial charge in [-0.3, -0.25) is 0 Å². The van der Waals surface area contributed by atoms with Crippen molar-refractivity contribution in [3.05, 3.63) is 0 Å². The van der Waals surface area contributed by atoms with E-state index in [4.69, 9.17) is 0 Å². The molecule has 1 amide bonds. The topological polar surface area (TPSA) is 93.0 Å². The van der Waals surface area contributed by atoms with Crippen molar-refractivity contribution >= 4 is 6.09 Å². The number of hydrogen-bond acceptors (Lipinski definition) is 4. The summed E-state index contributed by atoms with van der Waals surface area (Å²) in [5.74, 6) is 0. The highest BCUT2D eigenvalue weighted by Crippen LogP contribution is 2.28. The number of carboxylic acid groups (broad SMARTS) is 1. The largest absolute Gasteiger partial charge is 0.465 e. The van der Waals surface area contributed by atoms with Crippen molar-refractivity contribution in [1.82, 2.24) is 10.2 Å². The highest BCUT2D eigenvalue weighted by Gasteiger charge is 2.34. The van der Waals surface area contributed by atoms with Gasteiger partial charge in [0.05, 0.1) is 12.7 Å². The second-order valence-corrected chi connectivity index (χ2v) is 6.70. The Morgan fingerprint density at radius 1 is 1.35 bits per heavy atom. The van der Waals surface area contributed by atoms with Crippen LogP contribution < -0.4 is 5.32 Å². The van der Waals surface area contributed by atoms with Gasteiger partial charge >= 0.3 is 6.09 Å². The van der Waals surface area contributed by atoms with Crippen molar-refractivity contribution < 1.29 is 20.1 Å². The fourth-order valence-corrected chi connectivity index (χ4v) is 2.70. The molecular weight excluding hydrogens is 260 g/mol. The lowest BCUT2D eigenvalue weighted by Crippen LogP contribution is -2.55. The second kappa shape index (κ2) is 6.74. The first kappa shape index (κ1) is 17.2. The highest BCUT2D eigenvalue weighted by molar-refractivity contribution is 5.65.